The molecule has 0 aliphatic rings. The Morgan fingerprint density at radius 2 is 2.00 bits per heavy atom. The molecule has 0 amide bonds. The molecular weight excluding hydrogens is 208 g/mol. The van der Waals surface area contributed by atoms with Crippen LogP contribution in [0.5, 0.6) is 5.75 Å². The summed E-state index contributed by atoms with van der Waals surface area (Å²) in [5.41, 5.74) is 1.55. The molecule has 0 radical (unpaired) electrons. The molecule has 0 saturated carbocycles. The van der Waals surface area contributed by atoms with Crippen molar-refractivity contribution in [1.82, 2.24) is 0 Å². The molecule has 1 rings (SSSR count). The molecule has 1 aromatic rings. The van der Waals surface area contributed by atoms with Crippen LogP contribution < -0.4 is 4.74 Å². The van der Waals surface area contributed by atoms with Gasteiger partial charge < -0.3 is 14.2 Å². The molecule has 0 unspecified atom stereocenters. The maximum Gasteiger partial charge on any atom is 0.191 e. The second kappa shape index (κ2) is 6.25. The van der Waals surface area contributed by atoms with E-state index in [1.54, 1.807) is 12.1 Å². The van der Waals surface area contributed by atoms with E-state index in [9.17, 15) is 4.79 Å². The lowest BCUT2D eigenvalue weighted by Crippen LogP contribution is -2.22. The average Bonchev–Trinajstić information content (AvgIpc) is 2.31. The van der Waals surface area contributed by atoms with Crippen molar-refractivity contribution in [2.45, 2.75) is 13.2 Å². The van der Waals surface area contributed by atoms with E-state index >= 15 is 0 Å². The Bertz CT molecular complexity index is 345. The second-order valence-electron chi connectivity index (χ2n) is 3.37. The van der Waals surface area contributed by atoms with Crippen molar-refractivity contribution in [3.8, 4) is 5.75 Å². The second-order valence-corrected chi connectivity index (χ2v) is 3.37. The lowest BCUT2D eigenvalue weighted by atomic mass is 10.1. The van der Waals surface area contributed by atoms with Crippen LogP contribution in [0.15, 0.2) is 18.2 Å². The van der Waals surface area contributed by atoms with E-state index in [1.807, 2.05) is 13.0 Å². The standard InChI is InChI=1S/C12H16O4/c1-9-4-5-11(10(6-9)7-13)16-8-12(14-2)15-3/h4-7,12H,8H2,1-3H3. The number of carbonyl (C=O) groups is 1. The Morgan fingerprint density at radius 3 is 2.56 bits per heavy atom. The van der Waals surface area contributed by atoms with Gasteiger partial charge in [-0.1, -0.05) is 11.6 Å². The van der Waals surface area contributed by atoms with E-state index in [0.29, 0.717) is 11.3 Å². The van der Waals surface area contributed by atoms with Gasteiger partial charge >= 0.3 is 0 Å². The topological polar surface area (TPSA) is 44.8 Å². The van der Waals surface area contributed by atoms with Crippen molar-refractivity contribution >= 4 is 6.29 Å². The van der Waals surface area contributed by atoms with Gasteiger partial charge in [-0.3, -0.25) is 4.79 Å². The largest absolute Gasteiger partial charge is 0.488 e. The average molecular weight is 224 g/mol. The van der Waals surface area contributed by atoms with Crippen LogP contribution in [0.25, 0.3) is 0 Å². The number of methoxy groups -OCH3 is 2. The minimum atomic E-state index is -0.430. The predicted molar refractivity (Wildman–Crippen MR) is 59.9 cm³/mol. The zero-order chi connectivity index (χ0) is 12.0. The van der Waals surface area contributed by atoms with E-state index in [1.165, 1.54) is 14.2 Å². The molecule has 4 nitrogen and oxygen atoms in total. The SMILES string of the molecule is COC(COc1ccc(C)cc1C=O)OC. The predicted octanol–water partition coefficient (Wildman–Crippen LogP) is 1.81. The van der Waals surface area contributed by atoms with Crippen LogP contribution >= 0.6 is 0 Å². The highest BCUT2D eigenvalue weighted by atomic mass is 16.7. The molecule has 0 atom stereocenters. The first-order valence-corrected chi connectivity index (χ1v) is 4.95. The molecule has 0 bridgehead atoms. The van der Waals surface area contributed by atoms with Crippen LogP contribution in [0.3, 0.4) is 0 Å². The highest BCUT2D eigenvalue weighted by Gasteiger charge is 2.08. The van der Waals surface area contributed by atoms with E-state index in [2.05, 4.69) is 0 Å². The Kier molecular flexibility index (Phi) is 4.95. The molecule has 16 heavy (non-hydrogen) atoms. The Hall–Kier alpha value is -1.39. The van der Waals surface area contributed by atoms with Crippen molar-refractivity contribution in [3.63, 3.8) is 0 Å². The number of carbonyl (C=O) groups excluding carboxylic acids is 1. The van der Waals surface area contributed by atoms with Crippen LogP contribution in [-0.4, -0.2) is 33.4 Å². The third-order valence-corrected chi connectivity index (χ3v) is 2.19. The summed E-state index contributed by atoms with van der Waals surface area (Å²) in [6.07, 6.45) is 0.345. The molecule has 0 fully saturated rings. The zero-order valence-electron chi connectivity index (χ0n) is 9.73. The Labute approximate surface area is 95.1 Å². The summed E-state index contributed by atoms with van der Waals surface area (Å²) >= 11 is 0. The van der Waals surface area contributed by atoms with Crippen LogP contribution in [0.2, 0.25) is 0 Å². The molecule has 0 N–H and O–H groups in total. The van der Waals surface area contributed by atoms with Gasteiger partial charge in [0, 0.05) is 14.2 Å². The van der Waals surface area contributed by atoms with E-state index in [0.717, 1.165) is 11.8 Å². The summed E-state index contributed by atoms with van der Waals surface area (Å²) < 4.78 is 15.4. The summed E-state index contributed by atoms with van der Waals surface area (Å²) in [5, 5.41) is 0. The summed E-state index contributed by atoms with van der Waals surface area (Å²) in [6.45, 7) is 2.17. The smallest absolute Gasteiger partial charge is 0.191 e. The monoisotopic (exact) mass is 224 g/mol. The lowest BCUT2D eigenvalue weighted by Gasteiger charge is -2.15. The number of rotatable bonds is 6. The van der Waals surface area contributed by atoms with Crippen molar-refractivity contribution in [3.05, 3.63) is 29.3 Å². The first-order valence-electron chi connectivity index (χ1n) is 4.95. The summed E-state index contributed by atoms with van der Waals surface area (Å²) in [7, 11) is 3.07. The van der Waals surface area contributed by atoms with E-state index < -0.39 is 6.29 Å². The first kappa shape index (κ1) is 12.7. The summed E-state index contributed by atoms with van der Waals surface area (Å²) in [4.78, 5) is 10.8. The minimum absolute atomic E-state index is 0.247. The fourth-order valence-electron chi connectivity index (χ4n) is 1.28. The van der Waals surface area contributed by atoms with Crippen molar-refractivity contribution in [2.75, 3.05) is 20.8 Å². The van der Waals surface area contributed by atoms with Crippen molar-refractivity contribution < 1.29 is 19.0 Å². The van der Waals surface area contributed by atoms with Crippen molar-refractivity contribution in [2.24, 2.45) is 0 Å². The Morgan fingerprint density at radius 1 is 1.31 bits per heavy atom. The summed E-state index contributed by atoms with van der Waals surface area (Å²) in [6, 6.07) is 5.43. The van der Waals surface area contributed by atoms with Crippen LogP contribution in [0.1, 0.15) is 15.9 Å². The van der Waals surface area contributed by atoms with Gasteiger partial charge in [0.05, 0.1) is 5.56 Å². The third kappa shape index (κ3) is 3.32. The number of ether oxygens (including phenoxy) is 3. The zero-order valence-corrected chi connectivity index (χ0v) is 9.73. The summed E-state index contributed by atoms with van der Waals surface area (Å²) in [5.74, 6) is 0.541. The van der Waals surface area contributed by atoms with Gasteiger partial charge in [-0.15, -0.1) is 0 Å². The number of aldehydes is 1. The van der Waals surface area contributed by atoms with Gasteiger partial charge in [-0.25, -0.2) is 0 Å². The van der Waals surface area contributed by atoms with Gasteiger partial charge in [0.1, 0.15) is 12.4 Å². The normalized spacial score (nSPS) is 10.5. The van der Waals surface area contributed by atoms with Gasteiger partial charge in [-0.05, 0) is 19.1 Å². The number of hydrogen-bond acceptors (Lipinski definition) is 4. The molecule has 0 aliphatic heterocycles. The fourth-order valence-corrected chi connectivity index (χ4v) is 1.28. The number of hydrogen-bond donors (Lipinski definition) is 0. The molecule has 88 valence electrons. The molecule has 0 aromatic heterocycles. The van der Waals surface area contributed by atoms with E-state index in [4.69, 9.17) is 14.2 Å². The van der Waals surface area contributed by atoms with Gasteiger partial charge in [0.2, 0.25) is 0 Å². The molecule has 0 saturated heterocycles. The third-order valence-electron chi connectivity index (χ3n) is 2.19. The number of benzene rings is 1. The Balaban J connectivity index is 2.69. The highest BCUT2D eigenvalue weighted by molar-refractivity contribution is 5.79. The maximum absolute atomic E-state index is 10.8. The molecule has 0 spiro atoms. The van der Waals surface area contributed by atoms with E-state index in [-0.39, 0.29) is 6.61 Å². The fraction of sp³-hybridized carbons (Fsp3) is 0.417. The lowest BCUT2D eigenvalue weighted by molar-refractivity contribution is -0.122. The quantitative estimate of drug-likeness (QED) is 0.546. The highest BCUT2D eigenvalue weighted by Crippen LogP contribution is 2.18. The van der Waals surface area contributed by atoms with Crippen LogP contribution in [0, 0.1) is 6.92 Å². The molecule has 4 heteroatoms. The first-order chi connectivity index (χ1) is 7.71. The molecular formula is C12H16O4. The van der Waals surface area contributed by atoms with Crippen molar-refractivity contribution in [1.29, 1.82) is 0 Å². The van der Waals surface area contributed by atoms with Gasteiger partial charge in [0.25, 0.3) is 0 Å². The van der Waals surface area contributed by atoms with Gasteiger partial charge in [-0.2, -0.15) is 0 Å². The van der Waals surface area contributed by atoms with Crippen LogP contribution in [-0.2, 0) is 9.47 Å². The molecule has 0 aliphatic carbocycles. The molecule has 0 heterocycles. The number of aryl methyl sites for hydroxylation is 1. The van der Waals surface area contributed by atoms with Crippen LogP contribution in [0.4, 0.5) is 0 Å². The minimum Gasteiger partial charge on any atom is -0.488 e. The maximum atomic E-state index is 10.8. The van der Waals surface area contributed by atoms with Gasteiger partial charge in [0.15, 0.2) is 12.6 Å². The molecule has 1 aromatic carbocycles.